The predicted octanol–water partition coefficient (Wildman–Crippen LogP) is 3.10. The highest BCUT2D eigenvalue weighted by molar-refractivity contribution is 5.14. The minimum atomic E-state index is -0.530. The van der Waals surface area contributed by atoms with Gasteiger partial charge in [-0.25, -0.2) is 0 Å². The van der Waals surface area contributed by atoms with Gasteiger partial charge in [0.25, 0.3) is 0 Å². The monoisotopic (exact) mass is 233 g/mol. The van der Waals surface area contributed by atoms with Gasteiger partial charge in [0, 0.05) is 18.3 Å². The Bertz CT molecular complexity index is 375. The average Bonchev–Trinajstić information content (AvgIpc) is 2.32. The van der Waals surface area contributed by atoms with E-state index in [9.17, 15) is 0 Å². The third-order valence-electron chi connectivity index (χ3n) is 2.97. The van der Waals surface area contributed by atoms with E-state index in [0.29, 0.717) is 12.5 Å². The molecule has 3 nitrogen and oxygen atoms in total. The molecule has 17 heavy (non-hydrogen) atoms. The van der Waals surface area contributed by atoms with Gasteiger partial charge in [-0.15, -0.1) is 6.58 Å². The van der Waals surface area contributed by atoms with Crippen molar-refractivity contribution < 1.29 is 9.47 Å². The van der Waals surface area contributed by atoms with Gasteiger partial charge in [0.05, 0.1) is 12.7 Å². The highest BCUT2D eigenvalue weighted by Gasteiger charge is 2.36. The number of hydrogen-bond donors (Lipinski definition) is 0. The largest absolute Gasteiger partial charge is 0.350 e. The second kappa shape index (κ2) is 4.98. The summed E-state index contributed by atoms with van der Waals surface area (Å²) in [4.78, 5) is 4.16. The second-order valence-corrected chi connectivity index (χ2v) is 4.82. The minimum absolute atomic E-state index is 0.0328. The van der Waals surface area contributed by atoms with Crippen LogP contribution in [0.5, 0.6) is 0 Å². The number of aromatic nitrogens is 1. The lowest BCUT2D eigenvalue weighted by molar-refractivity contribution is -0.295. The number of ether oxygens (including phenoxy) is 2. The number of hydrogen-bond acceptors (Lipinski definition) is 3. The van der Waals surface area contributed by atoms with Crippen LogP contribution in [-0.2, 0) is 9.47 Å². The van der Waals surface area contributed by atoms with Crippen LogP contribution in [-0.4, -0.2) is 17.4 Å². The SMILES string of the molecule is C=CC[C@@H]1COC(C)(C)O[C@@H]1c1cccnc1. The van der Waals surface area contributed by atoms with Crippen molar-refractivity contribution in [1.29, 1.82) is 0 Å². The van der Waals surface area contributed by atoms with E-state index in [2.05, 4.69) is 17.6 Å². The molecule has 1 aromatic heterocycles. The summed E-state index contributed by atoms with van der Waals surface area (Å²) in [6.07, 6.45) is 6.47. The maximum Gasteiger partial charge on any atom is 0.163 e. The Hall–Kier alpha value is -1.19. The summed E-state index contributed by atoms with van der Waals surface area (Å²) in [5.41, 5.74) is 1.11. The van der Waals surface area contributed by atoms with E-state index < -0.39 is 5.79 Å². The highest BCUT2D eigenvalue weighted by Crippen LogP contribution is 2.37. The van der Waals surface area contributed by atoms with Gasteiger partial charge in [-0.1, -0.05) is 12.1 Å². The maximum absolute atomic E-state index is 6.02. The van der Waals surface area contributed by atoms with Gasteiger partial charge in [0.2, 0.25) is 0 Å². The number of rotatable bonds is 3. The fourth-order valence-electron chi connectivity index (χ4n) is 2.12. The molecule has 0 aliphatic carbocycles. The van der Waals surface area contributed by atoms with Crippen molar-refractivity contribution in [2.24, 2.45) is 5.92 Å². The van der Waals surface area contributed by atoms with Gasteiger partial charge in [-0.3, -0.25) is 4.98 Å². The van der Waals surface area contributed by atoms with Crippen molar-refractivity contribution in [2.45, 2.75) is 32.2 Å². The first-order chi connectivity index (χ1) is 8.12. The standard InChI is InChI=1S/C14H19NO2/c1-4-6-12-10-16-14(2,3)17-13(12)11-7-5-8-15-9-11/h4-5,7-9,12-13H,1,6,10H2,2-3H3/t12-,13-/m1/s1. The Kier molecular flexibility index (Phi) is 3.60. The summed E-state index contributed by atoms with van der Waals surface area (Å²) in [6.45, 7) is 8.38. The maximum atomic E-state index is 6.02. The third kappa shape index (κ3) is 2.93. The van der Waals surface area contributed by atoms with Crippen LogP contribution in [0.4, 0.5) is 0 Å². The van der Waals surface area contributed by atoms with Gasteiger partial charge in [-0.2, -0.15) is 0 Å². The molecule has 0 radical (unpaired) electrons. The molecule has 0 amide bonds. The van der Waals surface area contributed by atoms with Gasteiger partial charge in [-0.05, 0) is 31.9 Å². The first kappa shape index (κ1) is 12.3. The molecule has 2 heterocycles. The predicted molar refractivity (Wildman–Crippen MR) is 66.4 cm³/mol. The molecule has 1 aliphatic heterocycles. The Morgan fingerprint density at radius 3 is 3.06 bits per heavy atom. The Morgan fingerprint density at radius 2 is 2.41 bits per heavy atom. The molecule has 1 aromatic rings. The molecular formula is C14H19NO2. The van der Waals surface area contributed by atoms with E-state index in [-0.39, 0.29) is 6.10 Å². The van der Waals surface area contributed by atoms with E-state index in [0.717, 1.165) is 12.0 Å². The van der Waals surface area contributed by atoms with Gasteiger partial charge < -0.3 is 9.47 Å². The average molecular weight is 233 g/mol. The van der Waals surface area contributed by atoms with Crippen molar-refractivity contribution in [1.82, 2.24) is 4.98 Å². The third-order valence-corrected chi connectivity index (χ3v) is 2.97. The Labute approximate surface area is 102 Å². The van der Waals surface area contributed by atoms with Crippen molar-refractivity contribution in [3.8, 4) is 0 Å². The fourth-order valence-corrected chi connectivity index (χ4v) is 2.12. The first-order valence-corrected chi connectivity index (χ1v) is 5.95. The summed E-state index contributed by atoms with van der Waals surface area (Å²) in [7, 11) is 0. The van der Waals surface area contributed by atoms with Gasteiger partial charge >= 0.3 is 0 Å². The molecule has 0 saturated carbocycles. The Morgan fingerprint density at radius 1 is 1.59 bits per heavy atom. The van der Waals surface area contributed by atoms with E-state index in [1.54, 1.807) is 6.20 Å². The molecule has 2 rings (SSSR count). The number of pyridine rings is 1. The molecule has 0 unspecified atom stereocenters. The number of allylic oxidation sites excluding steroid dienone is 1. The van der Waals surface area contributed by atoms with Gasteiger partial charge in [0.15, 0.2) is 5.79 Å². The molecule has 0 N–H and O–H groups in total. The summed E-state index contributed by atoms with van der Waals surface area (Å²) < 4.78 is 11.7. The summed E-state index contributed by atoms with van der Waals surface area (Å²) >= 11 is 0. The van der Waals surface area contributed by atoms with Crippen LogP contribution in [0.2, 0.25) is 0 Å². The molecular weight excluding hydrogens is 214 g/mol. The summed E-state index contributed by atoms with van der Waals surface area (Å²) in [5, 5.41) is 0. The zero-order valence-corrected chi connectivity index (χ0v) is 10.4. The van der Waals surface area contributed by atoms with E-state index in [1.165, 1.54) is 0 Å². The van der Waals surface area contributed by atoms with E-state index in [4.69, 9.17) is 9.47 Å². The van der Waals surface area contributed by atoms with Crippen molar-refractivity contribution in [3.63, 3.8) is 0 Å². The lowest BCUT2D eigenvalue weighted by Gasteiger charge is -2.41. The second-order valence-electron chi connectivity index (χ2n) is 4.82. The van der Waals surface area contributed by atoms with Crippen LogP contribution < -0.4 is 0 Å². The van der Waals surface area contributed by atoms with Crippen molar-refractivity contribution in [2.75, 3.05) is 6.61 Å². The van der Waals surface area contributed by atoms with E-state index in [1.807, 2.05) is 32.2 Å². The quantitative estimate of drug-likeness (QED) is 0.752. The molecule has 1 aliphatic rings. The highest BCUT2D eigenvalue weighted by atomic mass is 16.7. The normalized spacial score (nSPS) is 27.6. The van der Waals surface area contributed by atoms with Crippen LogP contribution in [0, 0.1) is 5.92 Å². The smallest absolute Gasteiger partial charge is 0.163 e. The summed E-state index contributed by atoms with van der Waals surface area (Å²) in [5.74, 6) is -0.220. The molecule has 1 saturated heterocycles. The molecule has 3 heteroatoms. The van der Waals surface area contributed by atoms with E-state index >= 15 is 0 Å². The molecule has 0 aromatic carbocycles. The lowest BCUT2D eigenvalue weighted by atomic mass is 9.93. The first-order valence-electron chi connectivity index (χ1n) is 5.95. The zero-order valence-electron chi connectivity index (χ0n) is 10.4. The molecule has 1 fully saturated rings. The molecule has 2 atom stereocenters. The van der Waals surface area contributed by atoms with Crippen molar-refractivity contribution >= 4 is 0 Å². The topological polar surface area (TPSA) is 31.4 Å². The fraction of sp³-hybridized carbons (Fsp3) is 0.500. The minimum Gasteiger partial charge on any atom is -0.350 e. The van der Waals surface area contributed by atoms with Crippen LogP contribution in [0.3, 0.4) is 0 Å². The van der Waals surface area contributed by atoms with Crippen LogP contribution in [0.1, 0.15) is 31.9 Å². The summed E-state index contributed by atoms with van der Waals surface area (Å²) in [6, 6.07) is 3.99. The Balaban J connectivity index is 2.22. The van der Waals surface area contributed by atoms with Crippen LogP contribution in [0.25, 0.3) is 0 Å². The van der Waals surface area contributed by atoms with Crippen molar-refractivity contribution in [3.05, 3.63) is 42.7 Å². The van der Waals surface area contributed by atoms with Crippen LogP contribution in [0.15, 0.2) is 37.2 Å². The lowest BCUT2D eigenvalue weighted by Crippen LogP contribution is -2.41. The van der Waals surface area contributed by atoms with Crippen LogP contribution >= 0.6 is 0 Å². The van der Waals surface area contributed by atoms with Gasteiger partial charge in [0.1, 0.15) is 0 Å². The molecule has 0 spiro atoms. The number of nitrogens with zero attached hydrogens (tertiary/aromatic N) is 1. The molecule has 92 valence electrons. The zero-order chi connectivity index (χ0) is 12.3. The molecule has 0 bridgehead atoms.